The van der Waals surface area contributed by atoms with Crippen LogP contribution in [-0.2, 0) is 0 Å². The van der Waals surface area contributed by atoms with Gasteiger partial charge in [0.05, 0.1) is 13.2 Å². The molecule has 2 amide bonds. The maximum Gasteiger partial charge on any atom is 0.318 e. The van der Waals surface area contributed by atoms with E-state index in [0.29, 0.717) is 13.0 Å². The predicted molar refractivity (Wildman–Crippen MR) is 85.9 cm³/mol. The van der Waals surface area contributed by atoms with Gasteiger partial charge in [0.1, 0.15) is 0 Å². The molecule has 0 aliphatic carbocycles. The molecule has 1 aromatic carbocycles. The van der Waals surface area contributed by atoms with Crippen molar-refractivity contribution in [3.63, 3.8) is 0 Å². The minimum atomic E-state index is -0.422. The molecule has 1 aliphatic rings. The summed E-state index contributed by atoms with van der Waals surface area (Å²) in [6, 6.07) is 4.27. The second-order valence-electron chi connectivity index (χ2n) is 5.92. The Morgan fingerprint density at radius 3 is 3.00 bits per heavy atom. The number of rotatable bonds is 5. The number of urea groups is 1. The van der Waals surface area contributed by atoms with E-state index in [4.69, 9.17) is 9.84 Å². The van der Waals surface area contributed by atoms with Gasteiger partial charge in [0.25, 0.3) is 0 Å². The monoisotopic (exact) mass is 324 g/mol. The van der Waals surface area contributed by atoms with Crippen molar-refractivity contribution in [2.45, 2.75) is 44.7 Å². The molecule has 23 heavy (non-hydrogen) atoms. The lowest BCUT2D eigenvalue weighted by Gasteiger charge is -2.36. The zero-order valence-electron chi connectivity index (χ0n) is 13.7. The Morgan fingerprint density at radius 1 is 1.52 bits per heavy atom. The van der Waals surface area contributed by atoms with Crippen molar-refractivity contribution in [3.8, 4) is 5.75 Å². The highest BCUT2D eigenvalue weighted by Crippen LogP contribution is 2.24. The van der Waals surface area contributed by atoms with Gasteiger partial charge >= 0.3 is 6.03 Å². The topological polar surface area (TPSA) is 61.8 Å². The molecule has 2 N–H and O–H groups in total. The molecular formula is C17H25FN2O3. The summed E-state index contributed by atoms with van der Waals surface area (Å²) in [7, 11) is 1.42. The maximum atomic E-state index is 13.5. The molecule has 2 unspecified atom stereocenters. The SMILES string of the molecule is COc1cc(C(C)NC(=O)N2CCCCC2CCO)ccc1F. The highest BCUT2D eigenvalue weighted by Gasteiger charge is 2.27. The Morgan fingerprint density at radius 2 is 2.30 bits per heavy atom. The van der Waals surface area contributed by atoms with Gasteiger partial charge in [-0.05, 0) is 50.3 Å². The highest BCUT2D eigenvalue weighted by molar-refractivity contribution is 5.75. The Labute approximate surface area is 136 Å². The first-order chi connectivity index (χ1) is 11.1. The first-order valence-electron chi connectivity index (χ1n) is 8.08. The van der Waals surface area contributed by atoms with E-state index in [1.807, 2.05) is 6.92 Å². The highest BCUT2D eigenvalue weighted by atomic mass is 19.1. The van der Waals surface area contributed by atoms with Crippen LogP contribution in [0.4, 0.5) is 9.18 Å². The summed E-state index contributed by atoms with van der Waals surface area (Å²) in [6.07, 6.45) is 3.59. The summed E-state index contributed by atoms with van der Waals surface area (Å²) in [4.78, 5) is 14.3. The molecular weight excluding hydrogens is 299 g/mol. The van der Waals surface area contributed by atoms with E-state index in [1.165, 1.54) is 13.2 Å². The molecule has 1 aliphatic heterocycles. The van der Waals surface area contributed by atoms with Crippen LogP contribution in [0.25, 0.3) is 0 Å². The van der Waals surface area contributed by atoms with Gasteiger partial charge in [0, 0.05) is 19.2 Å². The van der Waals surface area contributed by atoms with Crippen molar-refractivity contribution >= 4 is 6.03 Å². The number of ether oxygens (including phenoxy) is 1. The second kappa shape index (κ2) is 8.15. The lowest BCUT2D eigenvalue weighted by atomic mass is 10.00. The van der Waals surface area contributed by atoms with Crippen molar-refractivity contribution in [3.05, 3.63) is 29.6 Å². The fraction of sp³-hybridized carbons (Fsp3) is 0.588. The summed E-state index contributed by atoms with van der Waals surface area (Å²) >= 11 is 0. The molecule has 2 atom stereocenters. The van der Waals surface area contributed by atoms with Gasteiger partial charge in [0.15, 0.2) is 11.6 Å². The molecule has 2 rings (SSSR count). The first kappa shape index (κ1) is 17.5. The number of hydrogen-bond donors (Lipinski definition) is 2. The maximum absolute atomic E-state index is 13.5. The van der Waals surface area contributed by atoms with Crippen LogP contribution in [0.5, 0.6) is 5.75 Å². The van der Waals surface area contributed by atoms with E-state index < -0.39 is 5.82 Å². The Balaban J connectivity index is 2.03. The average Bonchev–Trinajstić information content (AvgIpc) is 2.56. The summed E-state index contributed by atoms with van der Waals surface area (Å²) in [5.74, 6) is -0.256. The summed E-state index contributed by atoms with van der Waals surface area (Å²) in [5, 5.41) is 12.1. The zero-order valence-corrected chi connectivity index (χ0v) is 13.7. The average molecular weight is 324 g/mol. The lowest BCUT2D eigenvalue weighted by molar-refractivity contribution is 0.130. The summed E-state index contributed by atoms with van der Waals surface area (Å²) < 4.78 is 18.5. The number of carbonyl (C=O) groups is 1. The number of nitrogens with one attached hydrogen (secondary N) is 1. The fourth-order valence-corrected chi connectivity index (χ4v) is 3.01. The number of likely N-dealkylation sites (tertiary alicyclic amines) is 1. The third-order valence-corrected chi connectivity index (χ3v) is 4.37. The normalized spacial score (nSPS) is 19.3. The van der Waals surface area contributed by atoms with Gasteiger partial charge in [-0.2, -0.15) is 0 Å². The molecule has 0 aromatic heterocycles. The number of nitrogens with zero attached hydrogens (tertiary/aromatic N) is 1. The summed E-state index contributed by atoms with van der Waals surface area (Å²) in [6.45, 7) is 2.64. The number of benzene rings is 1. The van der Waals surface area contributed by atoms with Crippen LogP contribution >= 0.6 is 0 Å². The molecule has 0 saturated carbocycles. The van der Waals surface area contributed by atoms with Crippen molar-refractivity contribution in [2.75, 3.05) is 20.3 Å². The number of piperidine rings is 1. The third kappa shape index (κ3) is 4.34. The Bertz CT molecular complexity index is 537. The first-order valence-corrected chi connectivity index (χ1v) is 8.08. The van der Waals surface area contributed by atoms with Crippen molar-refractivity contribution < 1.29 is 19.0 Å². The number of aliphatic hydroxyl groups excluding tert-OH is 1. The van der Waals surface area contributed by atoms with E-state index in [1.54, 1.807) is 17.0 Å². The molecule has 1 heterocycles. The zero-order chi connectivity index (χ0) is 16.8. The number of halogens is 1. The van der Waals surface area contributed by atoms with Crippen LogP contribution < -0.4 is 10.1 Å². The van der Waals surface area contributed by atoms with Gasteiger partial charge in [-0.3, -0.25) is 0 Å². The quantitative estimate of drug-likeness (QED) is 0.875. The molecule has 1 aromatic rings. The van der Waals surface area contributed by atoms with Crippen molar-refractivity contribution in [1.82, 2.24) is 10.2 Å². The lowest BCUT2D eigenvalue weighted by Crippen LogP contribution is -2.49. The molecule has 128 valence electrons. The fourth-order valence-electron chi connectivity index (χ4n) is 3.01. The smallest absolute Gasteiger partial charge is 0.318 e. The van der Waals surface area contributed by atoms with E-state index in [9.17, 15) is 9.18 Å². The number of carbonyl (C=O) groups excluding carboxylic acids is 1. The molecule has 1 saturated heterocycles. The number of aliphatic hydroxyl groups is 1. The van der Waals surface area contributed by atoms with Crippen LogP contribution in [-0.4, -0.2) is 42.3 Å². The number of hydrogen-bond acceptors (Lipinski definition) is 3. The molecule has 5 nitrogen and oxygen atoms in total. The Hall–Kier alpha value is -1.82. The van der Waals surface area contributed by atoms with Gasteiger partial charge in [-0.15, -0.1) is 0 Å². The van der Waals surface area contributed by atoms with E-state index in [2.05, 4.69) is 5.32 Å². The van der Waals surface area contributed by atoms with E-state index >= 15 is 0 Å². The van der Waals surface area contributed by atoms with Crippen LogP contribution in [0.3, 0.4) is 0 Å². The van der Waals surface area contributed by atoms with Gasteiger partial charge in [-0.1, -0.05) is 6.07 Å². The van der Waals surface area contributed by atoms with Gasteiger partial charge in [0.2, 0.25) is 0 Å². The molecule has 0 radical (unpaired) electrons. The van der Waals surface area contributed by atoms with E-state index in [-0.39, 0.29) is 30.5 Å². The summed E-state index contributed by atoms with van der Waals surface area (Å²) in [5.41, 5.74) is 0.785. The van der Waals surface area contributed by atoms with Crippen molar-refractivity contribution in [2.24, 2.45) is 0 Å². The van der Waals surface area contributed by atoms with E-state index in [0.717, 1.165) is 24.8 Å². The van der Waals surface area contributed by atoms with Crippen LogP contribution in [0.1, 0.15) is 44.2 Å². The molecule has 0 spiro atoms. The van der Waals surface area contributed by atoms with Crippen LogP contribution in [0.15, 0.2) is 18.2 Å². The molecule has 0 bridgehead atoms. The van der Waals surface area contributed by atoms with Gasteiger partial charge < -0.3 is 20.1 Å². The minimum absolute atomic E-state index is 0.0825. The standard InChI is InChI=1S/C17H25FN2O3/c1-12(13-6-7-15(18)16(11-13)23-2)19-17(22)20-9-4-3-5-14(20)8-10-21/h6-7,11-12,14,21H,3-5,8-10H2,1-2H3,(H,19,22). The molecule has 1 fully saturated rings. The molecule has 6 heteroatoms. The van der Waals surface area contributed by atoms with Crippen LogP contribution in [0.2, 0.25) is 0 Å². The number of amides is 2. The van der Waals surface area contributed by atoms with Crippen molar-refractivity contribution in [1.29, 1.82) is 0 Å². The Kier molecular flexibility index (Phi) is 6.21. The largest absolute Gasteiger partial charge is 0.494 e. The third-order valence-electron chi connectivity index (χ3n) is 4.37. The van der Waals surface area contributed by atoms with Gasteiger partial charge in [-0.25, -0.2) is 9.18 Å². The predicted octanol–water partition coefficient (Wildman–Crippen LogP) is 2.84. The minimum Gasteiger partial charge on any atom is -0.494 e. The second-order valence-corrected chi connectivity index (χ2v) is 5.92. The number of methoxy groups -OCH3 is 1. The van der Waals surface area contributed by atoms with Crippen LogP contribution in [0, 0.1) is 5.82 Å².